The second-order valence-electron chi connectivity index (χ2n) is 3.26. The zero-order valence-corrected chi connectivity index (χ0v) is 11.3. The Bertz CT molecular complexity index is 388. The van der Waals surface area contributed by atoms with E-state index in [1.165, 1.54) is 6.08 Å². The lowest BCUT2D eigenvalue weighted by molar-refractivity contribution is -0.137. The first-order chi connectivity index (χ1) is 8.24. The van der Waals surface area contributed by atoms with Crippen LogP contribution < -0.4 is 0 Å². The number of benzene rings is 1. The van der Waals surface area contributed by atoms with Gasteiger partial charge in [-0.1, -0.05) is 40.2 Å². The summed E-state index contributed by atoms with van der Waals surface area (Å²) in [7, 11) is 0. The molecule has 17 heavy (non-hydrogen) atoms. The second-order valence-corrected chi connectivity index (χ2v) is 4.12. The van der Waals surface area contributed by atoms with Gasteiger partial charge in [0.2, 0.25) is 0 Å². The molecule has 92 valence electrons. The minimum Gasteiger partial charge on any atom is -0.463 e. The van der Waals surface area contributed by atoms with Crippen molar-refractivity contribution in [2.24, 2.45) is 0 Å². The Hall–Kier alpha value is -1.13. The summed E-state index contributed by atoms with van der Waals surface area (Å²) in [5.74, 6) is -0.336. The van der Waals surface area contributed by atoms with Crippen molar-refractivity contribution < 1.29 is 14.3 Å². The van der Waals surface area contributed by atoms with Crippen molar-refractivity contribution in [3.05, 3.63) is 46.5 Å². The third-order valence-corrected chi connectivity index (χ3v) is 2.74. The summed E-state index contributed by atoms with van der Waals surface area (Å²) >= 11 is 3.44. The maximum atomic E-state index is 11.0. The van der Waals surface area contributed by atoms with Crippen LogP contribution >= 0.6 is 15.9 Å². The largest absolute Gasteiger partial charge is 0.463 e. The Balaban J connectivity index is 2.25. The number of carbonyl (C=O) groups is 1. The molecule has 1 aromatic carbocycles. The van der Waals surface area contributed by atoms with E-state index in [9.17, 15) is 4.79 Å². The molecule has 1 aromatic rings. The van der Waals surface area contributed by atoms with Crippen molar-refractivity contribution in [2.75, 3.05) is 13.2 Å². The van der Waals surface area contributed by atoms with Gasteiger partial charge in [-0.25, -0.2) is 4.79 Å². The van der Waals surface area contributed by atoms with Crippen LogP contribution in [-0.4, -0.2) is 19.2 Å². The van der Waals surface area contributed by atoms with Gasteiger partial charge in [-0.15, -0.1) is 0 Å². The number of ether oxygens (including phenoxy) is 2. The van der Waals surface area contributed by atoms with Crippen LogP contribution in [0.3, 0.4) is 0 Å². The van der Waals surface area contributed by atoms with Crippen molar-refractivity contribution in [2.45, 2.75) is 13.5 Å². The number of carbonyl (C=O) groups excluding carboxylic acids is 1. The normalized spacial score (nSPS) is 10.7. The molecule has 0 atom stereocenters. The van der Waals surface area contributed by atoms with E-state index in [4.69, 9.17) is 9.47 Å². The van der Waals surface area contributed by atoms with Gasteiger partial charge in [0.1, 0.15) is 0 Å². The highest BCUT2D eigenvalue weighted by atomic mass is 79.9. The highest BCUT2D eigenvalue weighted by molar-refractivity contribution is 9.10. The van der Waals surface area contributed by atoms with Gasteiger partial charge < -0.3 is 9.47 Å². The standard InChI is InChI=1S/C13H15BrO3/c1-2-17-13(15)8-5-9-16-10-11-6-3-4-7-12(11)14/h3-8H,2,9-10H2,1H3/b8-5+. The fourth-order valence-electron chi connectivity index (χ4n) is 1.19. The van der Waals surface area contributed by atoms with E-state index in [1.807, 2.05) is 24.3 Å². The van der Waals surface area contributed by atoms with Crippen LogP contribution in [0.4, 0.5) is 0 Å². The lowest BCUT2D eigenvalue weighted by atomic mass is 10.2. The van der Waals surface area contributed by atoms with Crippen LogP contribution in [0.1, 0.15) is 12.5 Å². The Morgan fingerprint density at radius 1 is 1.41 bits per heavy atom. The molecule has 0 unspecified atom stereocenters. The molecule has 1 rings (SSSR count). The van der Waals surface area contributed by atoms with Crippen molar-refractivity contribution in [1.29, 1.82) is 0 Å². The Kier molecular flexibility index (Phi) is 6.58. The van der Waals surface area contributed by atoms with Gasteiger partial charge in [-0.3, -0.25) is 0 Å². The van der Waals surface area contributed by atoms with E-state index in [0.29, 0.717) is 19.8 Å². The molecule has 0 heterocycles. The fourth-order valence-corrected chi connectivity index (χ4v) is 1.59. The minimum atomic E-state index is -0.336. The highest BCUT2D eigenvalue weighted by Gasteiger charge is 1.97. The third kappa shape index (κ3) is 5.65. The van der Waals surface area contributed by atoms with Crippen LogP contribution in [0.25, 0.3) is 0 Å². The summed E-state index contributed by atoms with van der Waals surface area (Å²) in [4.78, 5) is 11.0. The summed E-state index contributed by atoms with van der Waals surface area (Å²) < 4.78 is 11.2. The summed E-state index contributed by atoms with van der Waals surface area (Å²) in [6.07, 6.45) is 3.03. The predicted molar refractivity (Wildman–Crippen MR) is 69.6 cm³/mol. The Morgan fingerprint density at radius 2 is 2.18 bits per heavy atom. The quantitative estimate of drug-likeness (QED) is 0.460. The summed E-state index contributed by atoms with van der Waals surface area (Å²) in [6.45, 7) is 3.06. The monoisotopic (exact) mass is 298 g/mol. The minimum absolute atomic E-state index is 0.336. The zero-order chi connectivity index (χ0) is 12.5. The topological polar surface area (TPSA) is 35.5 Å². The Morgan fingerprint density at radius 3 is 2.88 bits per heavy atom. The van der Waals surface area contributed by atoms with E-state index in [2.05, 4.69) is 15.9 Å². The molecule has 0 N–H and O–H groups in total. The molecule has 0 aliphatic rings. The van der Waals surface area contributed by atoms with Gasteiger partial charge in [0.25, 0.3) is 0 Å². The molecule has 4 heteroatoms. The first kappa shape index (κ1) is 13.9. The molecule has 0 aromatic heterocycles. The van der Waals surface area contributed by atoms with Crippen LogP contribution in [-0.2, 0) is 20.9 Å². The van der Waals surface area contributed by atoms with Gasteiger partial charge >= 0.3 is 5.97 Å². The molecule has 0 saturated heterocycles. The lowest BCUT2D eigenvalue weighted by Gasteiger charge is -2.03. The van der Waals surface area contributed by atoms with Gasteiger partial charge in [0.15, 0.2) is 0 Å². The molecule has 0 bridgehead atoms. The first-order valence-electron chi connectivity index (χ1n) is 5.38. The molecule has 0 radical (unpaired) electrons. The van der Waals surface area contributed by atoms with Gasteiger partial charge in [0, 0.05) is 10.5 Å². The van der Waals surface area contributed by atoms with E-state index < -0.39 is 0 Å². The third-order valence-electron chi connectivity index (χ3n) is 1.97. The van der Waals surface area contributed by atoms with E-state index in [-0.39, 0.29) is 5.97 Å². The molecule has 3 nitrogen and oxygen atoms in total. The summed E-state index contributed by atoms with van der Waals surface area (Å²) in [5.41, 5.74) is 1.08. The van der Waals surface area contributed by atoms with Gasteiger partial charge in [-0.05, 0) is 18.6 Å². The molecule has 0 saturated carbocycles. The number of hydrogen-bond acceptors (Lipinski definition) is 3. The van der Waals surface area contributed by atoms with Crippen molar-refractivity contribution in [3.63, 3.8) is 0 Å². The van der Waals surface area contributed by atoms with E-state index >= 15 is 0 Å². The number of hydrogen-bond donors (Lipinski definition) is 0. The molecule has 0 amide bonds. The lowest BCUT2D eigenvalue weighted by Crippen LogP contribution is -2.00. The van der Waals surface area contributed by atoms with Crippen LogP contribution in [0.2, 0.25) is 0 Å². The SMILES string of the molecule is CCOC(=O)/C=C/COCc1ccccc1Br. The molecular weight excluding hydrogens is 284 g/mol. The smallest absolute Gasteiger partial charge is 0.330 e. The predicted octanol–water partition coefficient (Wildman–Crippen LogP) is 3.09. The Labute approximate surface area is 110 Å². The molecule has 0 spiro atoms. The van der Waals surface area contributed by atoms with Crippen molar-refractivity contribution >= 4 is 21.9 Å². The van der Waals surface area contributed by atoms with E-state index in [1.54, 1.807) is 13.0 Å². The molecule has 0 aliphatic heterocycles. The van der Waals surface area contributed by atoms with Gasteiger partial charge in [0.05, 0.1) is 19.8 Å². The molecule has 0 fully saturated rings. The number of esters is 1. The van der Waals surface area contributed by atoms with Crippen molar-refractivity contribution in [1.82, 2.24) is 0 Å². The maximum absolute atomic E-state index is 11.0. The fraction of sp³-hybridized carbons (Fsp3) is 0.308. The van der Waals surface area contributed by atoms with Crippen LogP contribution in [0, 0.1) is 0 Å². The van der Waals surface area contributed by atoms with Crippen LogP contribution in [0.15, 0.2) is 40.9 Å². The number of rotatable bonds is 6. The summed E-state index contributed by atoms with van der Waals surface area (Å²) in [6, 6.07) is 7.86. The summed E-state index contributed by atoms with van der Waals surface area (Å²) in [5, 5.41) is 0. The second kappa shape index (κ2) is 8.03. The number of halogens is 1. The molecular formula is C13H15BrO3. The van der Waals surface area contributed by atoms with Crippen LogP contribution in [0.5, 0.6) is 0 Å². The average Bonchev–Trinajstić information content (AvgIpc) is 2.31. The van der Waals surface area contributed by atoms with Gasteiger partial charge in [-0.2, -0.15) is 0 Å². The van der Waals surface area contributed by atoms with E-state index in [0.717, 1.165) is 10.0 Å². The zero-order valence-electron chi connectivity index (χ0n) is 9.69. The maximum Gasteiger partial charge on any atom is 0.330 e. The average molecular weight is 299 g/mol. The van der Waals surface area contributed by atoms with Crippen molar-refractivity contribution in [3.8, 4) is 0 Å². The molecule has 0 aliphatic carbocycles. The highest BCUT2D eigenvalue weighted by Crippen LogP contribution is 2.16. The first-order valence-corrected chi connectivity index (χ1v) is 6.17.